The molecule has 1 fully saturated rings. The average Bonchev–Trinajstić information content (AvgIpc) is 2.64. The molecule has 0 spiro atoms. The third-order valence-electron chi connectivity index (χ3n) is 4.08. The fourth-order valence-corrected chi connectivity index (χ4v) is 2.95. The zero-order valence-corrected chi connectivity index (χ0v) is 17.4. The van der Waals surface area contributed by atoms with Gasteiger partial charge in [-0.1, -0.05) is 36.4 Å². The van der Waals surface area contributed by atoms with Gasteiger partial charge in [0.1, 0.15) is 5.82 Å². The number of aromatic nitrogens is 1. The summed E-state index contributed by atoms with van der Waals surface area (Å²) in [4.78, 5) is 9.18. The molecule has 0 aliphatic carbocycles. The average molecular weight is 537 g/mol. The van der Waals surface area contributed by atoms with E-state index in [9.17, 15) is 5.11 Å². The number of aliphatic hydroxyl groups excluding tert-OH is 1. The fraction of sp³-hybridized carbons (Fsp3) is 0.353. The molecule has 1 aromatic heterocycles. The van der Waals surface area contributed by atoms with Crippen LogP contribution in [0.4, 0.5) is 5.82 Å². The van der Waals surface area contributed by atoms with Gasteiger partial charge < -0.3 is 14.9 Å². The third kappa shape index (κ3) is 4.77. The monoisotopic (exact) mass is 537 g/mol. The second-order valence-electron chi connectivity index (χ2n) is 5.53. The van der Waals surface area contributed by atoms with Gasteiger partial charge in [0.15, 0.2) is 0 Å². The molecule has 0 saturated carbocycles. The molecule has 1 saturated heterocycles. The predicted molar refractivity (Wildman–Crippen MR) is 112 cm³/mol. The van der Waals surface area contributed by atoms with Crippen LogP contribution in [0.15, 0.2) is 48.7 Å². The summed E-state index contributed by atoms with van der Waals surface area (Å²) < 4.78 is 0. The van der Waals surface area contributed by atoms with Crippen LogP contribution in [0, 0.1) is 0 Å². The van der Waals surface area contributed by atoms with Crippen molar-refractivity contribution in [2.45, 2.75) is 12.6 Å². The molecule has 23 heavy (non-hydrogen) atoms. The normalized spacial score (nSPS) is 18.3. The molecule has 1 N–H and O–H groups in total. The summed E-state index contributed by atoms with van der Waals surface area (Å²) in [6.07, 6.45) is 1.80. The van der Waals surface area contributed by atoms with Crippen molar-refractivity contribution in [3.63, 3.8) is 0 Å². The Bertz CT molecular complexity index is 597. The van der Waals surface area contributed by atoms with Crippen molar-refractivity contribution < 1.29 is 5.11 Å². The number of hydrogen-bond acceptors (Lipinski definition) is 4. The van der Waals surface area contributed by atoms with Crippen LogP contribution >= 0.6 is 37.2 Å². The molecule has 0 bridgehead atoms. The van der Waals surface area contributed by atoms with Crippen LogP contribution in [-0.4, -0.2) is 41.7 Å². The standard InChI is InChI=1S/C17H21N3O.I2/c1-19-10-11-20(17-15(13-21)8-5-9-18-17)16(12-19)14-6-3-2-4-7-14;1-2/h2-9,16,21H,10-13H2,1H3;. The Morgan fingerprint density at radius 1 is 1.13 bits per heavy atom. The van der Waals surface area contributed by atoms with E-state index in [-0.39, 0.29) is 12.6 Å². The van der Waals surface area contributed by atoms with Gasteiger partial charge in [-0.15, -0.1) is 0 Å². The Kier molecular flexibility index (Phi) is 8.01. The molecule has 1 atom stereocenters. The Labute approximate surface area is 161 Å². The maximum absolute atomic E-state index is 9.58. The summed E-state index contributed by atoms with van der Waals surface area (Å²) in [7, 11) is 2.15. The lowest BCUT2D eigenvalue weighted by Crippen LogP contribution is -2.47. The number of nitrogens with zero attached hydrogens (tertiary/aromatic N) is 3. The molecule has 0 radical (unpaired) electrons. The van der Waals surface area contributed by atoms with E-state index in [0.717, 1.165) is 31.0 Å². The van der Waals surface area contributed by atoms with Gasteiger partial charge >= 0.3 is 0 Å². The minimum absolute atomic E-state index is 0.0248. The molecule has 2 aromatic rings. The van der Waals surface area contributed by atoms with Crippen LogP contribution < -0.4 is 4.90 Å². The Hall–Kier alpha value is -0.450. The molecule has 124 valence electrons. The number of likely N-dealkylation sites (N-methyl/N-ethyl adjacent to an activating group) is 1. The van der Waals surface area contributed by atoms with E-state index >= 15 is 0 Å². The van der Waals surface area contributed by atoms with E-state index in [2.05, 4.69) is 83.3 Å². The minimum Gasteiger partial charge on any atom is -0.392 e. The van der Waals surface area contributed by atoms with Crippen molar-refractivity contribution in [3.8, 4) is 0 Å². The van der Waals surface area contributed by atoms with Crippen LogP contribution in [-0.2, 0) is 6.61 Å². The van der Waals surface area contributed by atoms with Crippen molar-refractivity contribution in [3.05, 3.63) is 59.8 Å². The number of pyridine rings is 1. The number of aliphatic hydroxyl groups is 1. The molecule has 3 rings (SSSR count). The Balaban J connectivity index is 0.000000924. The zero-order chi connectivity index (χ0) is 16.7. The van der Waals surface area contributed by atoms with Crippen LogP contribution in [0.5, 0.6) is 0 Å². The van der Waals surface area contributed by atoms with Gasteiger partial charge in [0.2, 0.25) is 0 Å². The van der Waals surface area contributed by atoms with E-state index in [4.69, 9.17) is 0 Å². The second-order valence-corrected chi connectivity index (χ2v) is 5.53. The molecule has 4 nitrogen and oxygen atoms in total. The van der Waals surface area contributed by atoms with Gasteiger partial charge in [-0.25, -0.2) is 4.98 Å². The number of benzene rings is 1. The van der Waals surface area contributed by atoms with Gasteiger partial charge in [-0.3, -0.25) is 0 Å². The third-order valence-corrected chi connectivity index (χ3v) is 4.08. The van der Waals surface area contributed by atoms with Gasteiger partial charge in [0, 0.05) is 68.6 Å². The summed E-state index contributed by atoms with van der Waals surface area (Å²) in [5.41, 5.74) is 2.18. The van der Waals surface area contributed by atoms with Crippen LogP contribution in [0.3, 0.4) is 0 Å². The van der Waals surface area contributed by atoms with E-state index in [1.54, 1.807) is 6.20 Å². The van der Waals surface area contributed by atoms with Gasteiger partial charge in [0.05, 0.1) is 12.6 Å². The maximum Gasteiger partial charge on any atom is 0.134 e. The highest BCUT2D eigenvalue weighted by molar-refractivity contribution is 15.0. The van der Waals surface area contributed by atoms with Crippen molar-refractivity contribution in [1.82, 2.24) is 9.88 Å². The zero-order valence-electron chi connectivity index (χ0n) is 13.1. The molecule has 0 amide bonds. The lowest BCUT2D eigenvalue weighted by molar-refractivity contribution is 0.262. The van der Waals surface area contributed by atoms with Crippen LogP contribution in [0.1, 0.15) is 17.2 Å². The molecular weight excluding hydrogens is 516 g/mol. The molecule has 1 unspecified atom stereocenters. The fourth-order valence-electron chi connectivity index (χ4n) is 2.95. The SMILES string of the molecule is CN1CCN(c2ncccc2CO)C(c2ccccc2)C1.II. The number of hydrogen-bond donors (Lipinski definition) is 1. The molecule has 1 aromatic carbocycles. The largest absolute Gasteiger partial charge is 0.392 e. The number of halogens is 2. The van der Waals surface area contributed by atoms with Crippen LogP contribution in [0.25, 0.3) is 0 Å². The van der Waals surface area contributed by atoms with E-state index in [1.165, 1.54) is 5.56 Å². The molecule has 2 heterocycles. The molecular formula is C17H21I2N3O. The van der Waals surface area contributed by atoms with Gasteiger partial charge in [-0.2, -0.15) is 0 Å². The van der Waals surface area contributed by atoms with Crippen molar-refractivity contribution in [2.75, 3.05) is 31.6 Å². The highest BCUT2D eigenvalue weighted by Crippen LogP contribution is 2.31. The lowest BCUT2D eigenvalue weighted by atomic mass is 10.0. The summed E-state index contributed by atoms with van der Waals surface area (Å²) in [5, 5.41) is 9.58. The number of rotatable bonds is 3. The first-order chi connectivity index (χ1) is 11.3. The molecule has 1 aliphatic rings. The van der Waals surface area contributed by atoms with E-state index in [1.807, 2.05) is 18.2 Å². The maximum atomic E-state index is 9.58. The molecule has 1 aliphatic heterocycles. The Morgan fingerprint density at radius 2 is 1.87 bits per heavy atom. The van der Waals surface area contributed by atoms with E-state index < -0.39 is 0 Å². The first-order valence-electron chi connectivity index (χ1n) is 7.49. The molecule has 6 heteroatoms. The highest BCUT2D eigenvalue weighted by atomic mass is 128. The van der Waals surface area contributed by atoms with E-state index in [0.29, 0.717) is 0 Å². The smallest absolute Gasteiger partial charge is 0.134 e. The summed E-state index contributed by atoms with van der Waals surface area (Å²) in [6.45, 7) is 2.91. The van der Waals surface area contributed by atoms with Gasteiger partial charge in [0.25, 0.3) is 0 Å². The first-order valence-corrected chi connectivity index (χ1v) is 13.8. The summed E-state index contributed by atoms with van der Waals surface area (Å²) in [5.74, 6) is 0.905. The number of anilines is 1. The number of piperazine rings is 1. The highest BCUT2D eigenvalue weighted by Gasteiger charge is 2.28. The predicted octanol–water partition coefficient (Wildman–Crippen LogP) is 3.84. The quantitative estimate of drug-likeness (QED) is 0.605. The van der Waals surface area contributed by atoms with Crippen molar-refractivity contribution in [2.24, 2.45) is 0 Å². The lowest BCUT2D eigenvalue weighted by Gasteiger charge is -2.41. The van der Waals surface area contributed by atoms with Gasteiger partial charge in [-0.05, 0) is 18.7 Å². The van der Waals surface area contributed by atoms with Crippen molar-refractivity contribution in [1.29, 1.82) is 0 Å². The second kappa shape index (κ2) is 9.75. The summed E-state index contributed by atoms with van der Waals surface area (Å²) >= 11 is 4.24. The van der Waals surface area contributed by atoms with Crippen molar-refractivity contribution >= 4 is 43.0 Å². The Morgan fingerprint density at radius 3 is 2.57 bits per heavy atom. The summed E-state index contributed by atoms with van der Waals surface area (Å²) in [6, 6.07) is 14.6. The topological polar surface area (TPSA) is 39.6 Å². The van der Waals surface area contributed by atoms with Crippen LogP contribution in [0.2, 0.25) is 0 Å². The minimum atomic E-state index is 0.0248. The first kappa shape index (κ1) is 18.9.